The van der Waals surface area contributed by atoms with Crippen LogP contribution < -0.4 is 10.1 Å². The maximum atomic E-state index is 12.2. The van der Waals surface area contributed by atoms with Crippen LogP contribution in [0.15, 0.2) is 18.3 Å². The summed E-state index contributed by atoms with van der Waals surface area (Å²) < 4.78 is 5.77. The largest absolute Gasteiger partial charge is 0.472 e. The summed E-state index contributed by atoms with van der Waals surface area (Å²) in [5, 5.41) is 11.9. The van der Waals surface area contributed by atoms with Crippen LogP contribution in [0.4, 0.5) is 4.79 Å². The van der Waals surface area contributed by atoms with E-state index in [1.54, 1.807) is 23.2 Å². The van der Waals surface area contributed by atoms with Gasteiger partial charge in [0, 0.05) is 31.3 Å². The maximum absolute atomic E-state index is 12.2. The molecule has 2 amide bonds. The Labute approximate surface area is 131 Å². The first-order valence-electron chi connectivity index (χ1n) is 7.74. The van der Waals surface area contributed by atoms with Crippen LogP contribution in [-0.4, -0.2) is 41.2 Å². The van der Waals surface area contributed by atoms with Gasteiger partial charge in [-0.05, 0) is 18.9 Å². The number of nitriles is 1. The fraction of sp³-hybridized carbons (Fsp3) is 0.562. The van der Waals surface area contributed by atoms with Gasteiger partial charge < -0.3 is 15.0 Å². The van der Waals surface area contributed by atoms with Gasteiger partial charge in [0.15, 0.2) is 0 Å². The van der Waals surface area contributed by atoms with E-state index in [4.69, 9.17) is 10.00 Å². The van der Waals surface area contributed by atoms with E-state index in [9.17, 15) is 4.79 Å². The molecule has 0 spiro atoms. The molecule has 1 aliphatic heterocycles. The van der Waals surface area contributed by atoms with E-state index < -0.39 is 0 Å². The van der Waals surface area contributed by atoms with Gasteiger partial charge in [0.25, 0.3) is 0 Å². The molecule has 1 saturated heterocycles. The van der Waals surface area contributed by atoms with Crippen LogP contribution in [0.2, 0.25) is 0 Å². The number of urea groups is 1. The van der Waals surface area contributed by atoms with Gasteiger partial charge in [0.2, 0.25) is 5.88 Å². The molecule has 0 bridgehead atoms. The van der Waals surface area contributed by atoms with Gasteiger partial charge in [-0.3, -0.25) is 0 Å². The fourth-order valence-corrected chi connectivity index (χ4v) is 2.48. The Bertz CT molecular complexity index is 551. The molecule has 0 aliphatic carbocycles. The molecule has 0 saturated carbocycles. The zero-order valence-electron chi connectivity index (χ0n) is 13.1. The summed E-state index contributed by atoms with van der Waals surface area (Å²) in [5.41, 5.74) is 0.520. The van der Waals surface area contributed by atoms with Crippen LogP contribution in [0.25, 0.3) is 0 Å². The monoisotopic (exact) mass is 302 g/mol. The molecule has 1 atom stereocenters. The Morgan fingerprint density at radius 1 is 1.59 bits per heavy atom. The standard InChI is InChI=1S/C16H22N4O2/c1-3-13(4-2)19-16(21)20-8-6-14(11-20)22-15-9-12(10-17)5-7-18-15/h5,7,9,13-14H,3-4,6,8,11H2,1-2H3,(H,19,21). The van der Waals surface area contributed by atoms with Crippen molar-refractivity contribution in [1.82, 2.24) is 15.2 Å². The number of likely N-dealkylation sites (tertiary alicyclic amines) is 1. The van der Waals surface area contributed by atoms with Crippen molar-refractivity contribution < 1.29 is 9.53 Å². The average molecular weight is 302 g/mol. The molecule has 2 rings (SSSR count). The predicted octanol–water partition coefficient (Wildman–Crippen LogP) is 2.30. The number of nitrogens with one attached hydrogen (secondary N) is 1. The summed E-state index contributed by atoms with van der Waals surface area (Å²) in [6.07, 6.45) is 4.12. The van der Waals surface area contributed by atoms with Crippen LogP contribution in [0.5, 0.6) is 5.88 Å². The van der Waals surface area contributed by atoms with Gasteiger partial charge in [-0.15, -0.1) is 0 Å². The van der Waals surface area contributed by atoms with Crippen molar-refractivity contribution in [2.45, 2.75) is 45.3 Å². The van der Waals surface area contributed by atoms with Crippen LogP contribution in [0.3, 0.4) is 0 Å². The van der Waals surface area contributed by atoms with E-state index in [1.807, 2.05) is 0 Å². The number of amides is 2. The van der Waals surface area contributed by atoms with Gasteiger partial charge in [-0.2, -0.15) is 5.26 Å². The number of pyridine rings is 1. The molecule has 1 aliphatic rings. The Hall–Kier alpha value is -2.29. The molecule has 1 aromatic rings. The molecule has 1 N–H and O–H groups in total. The van der Waals surface area contributed by atoms with Crippen LogP contribution in [-0.2, 0) is 0 Å². The lowest BCUT2D eigenvalue weighted by molar-refractivity contribution is 0.180. The number of rotatable bonds is 5. The molecular formula is C16H22N4O2. The van der Waals surface area contributed by atoms with Gasteiger partial charge in [-0.1, -0.05) is 13.8 Å². The first-order valence-corrected chi connectivity index (χ1v) is 7.74. The average Bonchev–Trinajstić information content (AvgIpc) is 3.01. The third-order valence-electron chi connectivity index (χ3n) is 3.90. The molecule has 0 aromatic carbocycles. The van der Waals surface area contributed by atoms with E-state index >= 15 is 0 Å². The Morgan fingerprint density at radius 3 is 3.05 bits per heavy atom. The molecule has 6 nitrogen and oxygen atoms in total. The molecule has 22 heavy (non-hydrogen) atoms. The summed E-state index contributed by atoms with van der Waals surface area (Å²) in [5.74, 6) is 0.436. The topological polar surface area (TPSA) is 78.3 Å². The molecule has 0 radical (unpaired) electrons. The third-order valence-corrected chi connectivity index (χ3v) is 3.90. The number of aromatic nitrogens is 1. The maximum Gasteiger partial charge on any atom is 0.317 e. The van der Waals surface area contributed by atoms with Crippen molar-refractivity contribution in [3.63, 3.8) is 0 Å². The summed E-state index contributed by atoms with van der Waals surface area (Å²) in [6.45, 7) is 5.36. The third kappa shape index (κ3) is 4.10. The molecule has 118 valence electrons. The highest BCUT2D eigenvalue weighted by atomic mass is 16.5. The van der Waals surface area contributed by atoms with Gasteiger partial charge >= 0.3 is 6.03 Å². The minimum absolute atomic E-state index is 0.0291. The first kappa shape index (κ1) is 16.1. The van der Waals surface area contributed by atoms with Crippen LogP contribution in [0, 0.1) is 11.3 Å². The minimum Gasteiger partial charge on any atom is -0.472 e. The fourth-order valence-electron chi connectivity index (χ4n) is 2.48. The second-order valence-electron chi connectivity index (χ2n) is 5.43. The van der Waals surface area contributed by atoms with E-state index in [1.165, 1.54) is 0 Å². The molecule has 1 unspecified atom stereocenters. The van der Waals surface area contributed by atoms with E-state index in [0.717, 1.165) is 19.3 Å². The van der Waals surface area contributed by atoms with Gasteiger partial charge in [-0.25, -0.2) is 9.78 Å². The summed E-state index contributed by atoms with van der Waals surface area (Å²) in [7, 11) is 0. The smallest absolute Gasteiger partial charge is 0.317 e. The van der Waals surface area contributed by atoms with Crippen molar-refractivity contribution in [1.29, 1.82) is 5.26 Å². The quantitative estimate of drug-likeness (QED) is 0.905. The number of carbonyl (C=O) groups is 1. The highest BCUT2D eigenvalue weighted by molar-refractivity contribution is 5.74. The molecule has 6 heteroatoms. The summed E-state index contributed by atoms with van der Waals surface area (Å²) >= 11 is 0. The predicted molar refractivity (Wildman–Crippen MR) is 82.5 cm³/mol. The van der Waals surface area contributed by atoms with Crippen LogP contribution >= 0.6 is 0 Å². The second-order valence-corrected chi connectivity index (χ2v) is 5.43. The van der Waals surface area contributed by atoms with E-state index in [0.29, 0.717) is 24.5 Å². The molecule has 1 aromatic heterocycles. The van der Waals surface area contributed by atoms with Crippen molar-refractivity contribution in [2.24, 2.45) is 0 Å². The lowest BCUT2D eigenvalue weighted by atomic mass is 10.2. The van der Waals surface area contributed by atoms with E-state index in [2.05, 4.69) is 30.2 Å². The highest BCUT2D eigenvalue weighted by Gasteiger charge is 2.28. The molecule has 2 heterocycles. The number of hydrogen-bond acceptors (Lipinski definition) is 4. The number of carbonyl (C=O) groups excluding carboxylic acids is 1. The second kappa shape index (κ2) is 7.64. The highest BCUT2D eigenvalue weighted by Crippen LogP contribution is 2.17. The van der Waals surface area contributed by atoms with Crippen LogP contribution in [0.1, 0.15) is 38.7 Å². The first-order chi connectivity index (χ1) is 10.7. The normalized spacial score (nSPS) is 17.4. The zero-order chi connectivity index (χ0) is 15.9. The Balaban J connectivity index is 1.87. The number of ether oxygens (including phenoxy) is 1. The van der Waals surface area contributed by atoms with Crippen molar-refractivity contribution in [3.8, 4) is 11.9 Å². The van der Waals surface area contributed by atoms with Crippen molar-refractivity contribution in [3.05, 3.63) is 23.9 Å². The Morgan fingerprint density at radius 2 is 2.36 bits per heavy atom. The minimum atomic E-state index is -0.0751. The van der Waals surface area contributed by atoms with E-state index in [-0.39, 0.29) is 18.2 Å². The number of hydrogen-bond donors (Lipinski definition) is 1. The molecule has 1 fully saturated rings. The zero-order valence-corrected chi connectivity index (χ0v) is 13.1. The summed E-state index contributed by atoms with van der Waals surface area (Å²) in [4.78, 5) is 18.1. The van der Waals surface area contributed by atoms with Gasteiger partial charge in [0.05, 0.1) is 18.2 Å². The SMILES string of the molecule is CCC(CC)NC(=O)N1CCC(Oc2cc(C#N)ccn2)C1. The van der Waals surface area contributed by atoms with Gasteiger partial charge in [0.1, 0.15) is 6.10 Å². The Kier molecular flexibility index (Phi) is 5.59. The van der Waals surface area contributed by atoms with Crippen molar-refractivity contribution >= 4 is 6.03 Å². The number of nitrogens with zero attached hydrogens (tertiary/aromatic N) is 3. The molecular weight excluding hydrogens is 280 g/mol. The lowest BCUT2D eigenvalue weighted by Gasteiger charge is -2.21. The lowest BCUT2D eigenvalue weighted by Crippen LogP contribution is -2.44. The van der Waals surface area contributed by atoms with Crippen molar-refractivity contribution in [2.75, 3.05) is 13.1 Å². The summed E-state index contributed by atoms with van der Waals surface area (Å²) in [6, 6.07) is 5.51.